The van der Waals surface area contributed by atoms with Crippen LogP contribution >= 0.6 is 0 Å². The largest absolute Gasteiger partial charge is 0.314 e. The van der Waals surface area contributed by atoms with Gasteiger partial charge in [0.2, 0.25) is 0 Å². The Morgan fingerprint density at radius 1 is 1.15 bits per heavy atom. The van der Waals surface area contributed by atoms with Gasteiger partial charge in [0.1, 0.15) is 0 Å². The molecule has 118 valence electrons. The van der Waals surface area contributed by atoms with Gasteiger partial charge in [-0.3, -0.25) is 0 Å². The van der Waals surface area contributed by atoms with Gasteiger partial charge in [-0.1, -0.05) is 27.2 Å². The fraction of sp³-hybridized carbons (Fsp3) is 1.00. The molecule has 0 bridgehead atoms. The SMILES string of the molecule is CCCNC1CCCC1CCN1CC(C)CC(C)C1C. The predicted octanol–water partition coefficient (Wildman–Crippen LogP) is 3.91. The summed E-state index contributed by atoms with van der Waals surface area (Å²) < 4.78 is 0. The van der Waals surface area contributed by atoms with Gasteiger partial charge in [0.25, 0.3) is 0 Å². The average molecular weight is 280 g/mol. The summed E-state index contributed by atoms with van der Waals surface area (Å²) in [6.45, 7) is 13.4. The standard InChI is InChI=1S/C18H36N2/c1-5-10-19-18-8-6-7-17(18)9-11-20-13-14(2)12-15(3)16(20)4/h14-19H,5-13H2,1-4H3. The van der Waals surface area contributed by atoms with E-state index >= 15 is 0 Å². The van der Waals surface area contributed by atoms with E-state index < -0.39 is 0 Å². The average Bonchev–Trinajstić information content (AvgIpc) is 2.86. The van der Waals surface area contributed by atoms with Crippen LogP contribution in [0.2, 0.25) is 0 Å². The first-order valence-electron chi connectivity index (χ1n) is 9.09. The summed E-state index contributed by atoms with van der Waals surface area (Å²) in [7, 11) is 0. The predicted molar refractivity (Wildman–Crippen MR) is 88.0 cm³/mol. The Labute approximate surface area is 126 Å². The Morgan fingerprint density at radius 2 is 1.95 bits per heavy atom. The van der Waals surface area contributed by atoms with Crippen LogP contribution in [0.1, 0.15) is 66.2 Å². The lowest BCUT2D eigenvalue weighted by Gasteiger charge is -2.41. The van der Waals surface area contributed by atoms with Gasteiger partial charge in [-0.2, -0.15) is 0 Å². The lowest BCUT2D eigenvalue weighted by molar-refractivity contribution is 0.0731. The van der Waals surface area contributed by atoms with Gasteiger partial charge in [0.15, 0.2) is 0 Å². The van der Waals surface area contributed by atoms with Gasteiger partial charge in [0, 0.05) is 18.6 Å². The van der Waals surface area contributed by atoms with Crippen molar-refractivity contribution < 1.29 is 0 Å². The molecule has 1 aliphatic heterocycles. The topological polar surface area (TPSA) is 15.3 Å². The Kier molecular flexibility index (Phi) is 6.35. The normalized spacial score (nSPS) is 39.3. The molecule has 0 radical (unpaired) electrons. The molecule has 2 nitrogen and oxygen atoms in total. The highest BCUT2D eigenvalue weighted by Crippen LogP contribution is 2.31. The molecule has 1 aliphatic carbocycles. The van der Waals surface area contributed by atoms with Crippen LogP contribution in [0.4, 0.5) is 0 Å². The molecular formula is C18H36N2. The third-order valence-electron chi connectivity index (χ3n) is 5.82. The van der Waals surface area contributed by atoms with Crippen LogP contribution in [0.5, 0.6) is 0 Å². The zero-order chi connectivity index (χ0) is 14.5. The monoisotopic (exact) mass is 280 g/mol. The van der Waals surface area contributed by atoms with Crippen molar-refractivity contribution in [3.8, 4) is 0 Å². The number of hydrogen-bond acceptors (Lipinski definition) is 2. The molecule has 2 heteroatoms. The zero-order valence-corrected chi connectivity index (χ0v) is 14.2. The van der Waals surface area contributed by atoms with Gasteiger partial charge < -0.3 is 10.2 Å². The Balaban J connectivity index is 1.78. The van der Waals surface area contributed by atoms with Crippen molar-refractivity contribution in [2.75, 3.05) is 19.6 Å². The molecule has 0 aromatic heterocycles. The van der Waals surface area contributed by atoms with Gasteiger partial charge in [-0.15, -0.1) is 0 Å². The number of nitrogens with zero attached hydrogens (tertiary/aromatic N) is 1. The summed E-state index contributed by atoms with van der Waals surface area (Å²) in [5, 5.41) is 3.78. The maximum Gasteiger partial charge on any atom is 0.00958 e. The van der Waals surface area contributed by atoms with Gasteiger partial charge in [-0.05, 0) is 69.9 Å². The number of nitrogens with one attached hydrogen (secondary N) is 1. The summed E-state index contributed by atoms with van der Waals surface area (Å²) in [5.74, 6) is 2.69. The van der Waals surface area contributed by atoms with Crippen LogP contribution in [-0.2, 0) is 0 Å². The van der Waals surface area contributed by atoms with Crippen LogP contribution in [0.3, 0.4) is 0 Å². The van der Waals surface area contributed by atoms with E-state index in [-0.39, 0.29) is 0 Å². The molecule has 1 saturated heterocycles. The second-order valence-electron chi connectivity index (χ2n) is 7.59. The molecule has 20 heavy (non-hydrogen) atoms. The van der Waals surface area contributed by atoms with E-state index in [9.17, 15) is 0 Å². The molecule has 2 aliphatic rings. The Bertz CT molecular complexity index is 279. The van der Waals surface area contributed by atoms with E-state index in [2.05, 4.69) is 37.9 Å². The lowest BCUT2D eigenvalue weighted by Crippen LogP contribution is -2.46. The van der Waals surface area contributed by atoms with E-state index in [4.69, 9.17) is 0 Å². The van der Waals surface area contributed by atoms with Crippen LogP contribution in [-0.4, -0.2) is 36.6 Å². The molecule has 0 spiro atoms. The Hall–Kier alpha value is -0.0800. The van der Waals surface area contributed by atoms with Crippen molar-refractivity contribution in [2.24, 2.45) is 17.8 Å². The van der Waals surface area contributed by atoms with Crippen LogP contribution < -0.4 is 5.32 Å². The summed E-state index contributed by atoms with van der Waals surface area (Å²) in [5.41, 5.74) is 0. The van der Waals surface area contributed by atoms with Crippen molar-refractivity contribution in [3.05, 3.63) is 0 Å². The minimum absolute atomic E-state index is 0.787. The molecule has 1 heterocycles. The number of hydrogen-bond donors (Lipinski definition) is 1. The highest BCUT2D eigenvalue weighted by atomic mass is 15.2. The minimum Gasteiger partial charge on any atom is -0.314 e. The first-order chi connectivity index (χ1) is 9.61. The fourth-order valence-electron chi connectivity index (χ4n) is 4.44. The molecule has 1 N–H and O–H groups in total. The smallest absolute Gasteiger partial charge is 0.00958 e. The molecule has 0 aromatic rings. The zero-order valence-electron chi connectivity index (χ0n) is 14.2. The van der Waals surface area contributed by atoms with Gasteiger partial charge >= 0.3 is 0 Å². The molecule has 1 saturated carbocycles. The molecular weight excluding hydrogens is 244 g/mol. The number of piperidine rings is 1. The first-order valence-corrected chi connectivity index (χ1v) is 9.09. The van der Waals surface area contributed by atoms with Crippen molar-refractivity contribution >= 4 is 0 Å². The third-order valence-corrected chi connectivity index (χ3v) is 5.82. The Morgan fingerprint density at radius 3 is 2.70 bits per heavy atom. The molecule has 0 aromatic carbocycles. The van der Waals surface area contributed by atoms with Crippen LogP contribution in [0.15, 0.2) is 0 Å². The summed E-state index contributed by atoms with van der Waals surface area (Å²) in [4.78, 5) is 2.77. The van der Waals surface area contributed by atoms with Gasteiger partial charge in [-0.25, -0.2) is 0 Å². The van der Waals surface area contributed by atoms with Crippen LogP contribution in [0, 0.1) is 17.8 Å². The molecule has 5 atom stereocenters. The molecule has 0 amide bonds. The first kappa shape index (κ1) is 16.3. The fourth-order valence-corrected chi connectivity index (χ4v) is 4.44. The highest BCUT2D eigenvalue weighted by Gasteiger charge is 2.31. The maximum absolute atomic E-state index is 3.78. The molecule has 5 unspecified atom stereocenters. The van der Waals surface area contributed by atoms with E-state index in [1.165, 1.54) is 58.2 Å². The van der Waals surface area contributed by atoms with E-state index in [0.29, 0.717) is 0 Å². The summed E-state index contributed by atoms with van der Waals surface area (Å²) in [6.07, 6.45) is 8.39. The van der Waals surface area contributed by atoms with Crippen LogP contribution in [0.25, 0.3) is 0 Å². The second kappa shape index (κ2) is 7.79. The van der Waals surface area contributed by atoms with E-state index in [1.807, 2.05) is 0 Å². The quantitative estimate of drug-likeness (QED) is 0.793. The van der Waals surface area contributed by atoms with Gasteiger partial charge in [0.05, 0.1) is 0 Å². The minimum atomic E-state index is 0.787. The van der Waals surface area contributed by atoms with E-state index in [0.717, 1.165) is 29.8 Å². The molecule has 2 rings (SSSR count). The number of likely N-dealkylation sites (tertiary alicyclic amines) is 1. The molecule has 2 fully saturated rings. The summed E-state index contributed by atoms with van der Waals surface area (Å²) in [6, 6.07) is 1.60. The maximum atomic E-state index is 3.78. The van der Waals surface area contributed by atoms with Crippen molar-refractivity contribution in [1.82, 2.24) is 10.2 Å². The lowest BCUT2D eigenvalue weighted by atomic mass is 9.85. The highest BCUT2D eigenvalue weighted by molar-refractivity contribution is 4.86. The van der Waals surface area contributed by atoms with Crippen molar-refractivity contribution in [1.29, 1.82) is 0 Å². The van der Waals surface area contributed by atoms with E-state index in [1.54, 1.807) is 0 Å². The second-order valence-corrected chi connectivity index (χ2v) is 7.59. The summed E-state index contributed by atoms with van der Waals surface area (Å²) >= 11 is 0. The number of rotatable bonds is 6. The van der Waals surface area contributed by atoms with Crippen molar-refractivity contribution in [3.63, 3.8) is 0 Å². The third kappa shape index (κ3) is 4.21. The van der Waals surface area contributed by atoms with Crippen molar-refractivity contribution in [2.45, 2.75) is 78.3 Å².